The van der Waals surface area contributed by atoms with Crippen LogP contribution in [0.2, 0.25) is 0 Å². The largest absolute Gasteiger partial charge is 0.380 e. The van der Waals surface area contributed by atoms with Gasteiger partial charge in [-0.2, -0.15) is 0 Å². The van der Waals surface area contributed by atoms with E-state index in [-0.39, 0.29) is 0 Å². The minimum Gasteiger partial charge on any atom is -0.380 e. The number of nitrogens with one attached hydrogen (secondary N) is 1. The molecule has 0 aromatic rings. The highest BCUT2D eigenvalue weighted by Crippen LogP contribution is 2.18. The summed E-state index contributed by atoms with van der Waals surface area (Å²) in [5.74, 6) is 0.626. The van der Waals surface area contributed by atoms with Gasteiger partial charge in [0.15, 0.2) is 0 Å². The van der Waals surface area contributed by atoms with Crippen molar-refractivity contribution in [1.82, 2.24) is 10.2 Å². The van der Waals surface area contributed by atoms with Crippen LogP contribution >= 0.6 is 0 Å². The summed E-state index contributed by atoms with van der Waals surface area (Å²) in [4.78, 5) is 2.43. The van der Waals surface area contributed by atoms with Gasteiger partial charge in [-0.1, -0.05) is 0 Å². The van der Waals surface area contributed by atoms with E-state index in [2.05, 4.69) is 17.3 Å². The third-order valence-corrected chi connectivity index (χ3v) is 3.62. The Morgan fingerprint density at radius 3 is 2.80 bits per heavy atom. The van der Waals surface area contributed by atoms with Crippen molar-refractivity contribution >= 4 is 0 Å². The number of nitrogens with zero attached hydrogens (tertiary/aromatic N) is 1. The minimum absolute atomic E-state index is 0.523. The van der Waals surface area contributed by atoms with Crippen molar-refractivity contribution in [2.45, 2.75) is 18.5 Å². The number of hydrogen-bond donors (Lipinski definition) is 1. The number of likely N-dealkylation sites (N-methyl/N-ethyl adjacent to an activating group) is 2. The average Bonchev–Trinajstić information content (AvgIpc) is 2.87. The second kappa shape index (κ2) is 5.25. The average molecular weight is 214 g/mol. The third-order valence-electron chi connectivity index (χ3n) is 3.62. The van der Waals surface area contributed by atoms with E-state index in [1.807, 2.05) is 7.05 Å². The third kappa shape index (κ3) is 2.69. The normalized spacial score (nSPS) is 36.6. The van der Waals surface area contributed by atoms with Gasteiger partial charge in [0.05, 0.1) is 19.8 Å². The first-order valence-corrected chi connectivity index (χ1v) is 5.84. The van der Waals surface area contributed by atoms with Gasteiger partial charge in [-0.05, 0) is 20.5 Å². The van der Waals surface area contributed by atoms with Crippen molar-refractivity contribution in [1.29, 1.82) is 0 Å². The summed E-state index contributed by atoms with van der Waals surface area (Å²) >= 11 is 0. The quantitative estimate of drug-likeness (QED) is 0.711. The zero-order chi connectivity index (χ0) is 10.7. The topological polar surface area (TPSA) is 33.7 Å². The molecule has 0 radical (unpaired) electrons. The summed E-state index contributed by atoms with van der Waals surface area (Å²) in [6.45, 7) is 4.68. The predicted octanol–water partition coefficient (Wildman–Crippen LogP) is -0.0585. The van der Waals surface area contributed by atoms with E-state index in [9.17, 15) is 0 Å². The minimum atomic E-state index is 0.523. The lowest BCUT2D eigenvalue weighted by Gasteiger charge is -2.27. The fourth-order valence-electron chi connectivity index (χ4n) is 2.49. The van der Waals surface area contributed by atoms with Crippen LogP contribution in [0.5, 0.6) is 0 Å². The molecule has 88 valence electrons. The first-order chi connectivity index (χ1) is 7.31. The van der Waals surface area contributed by atoms with Crippen molar-refractivity contribution in [2.75, 3.05) is 47.1 Å². The standard InChI is InChI=1S/C11H22N2O2/c1-12-11-8-15-6-9(11)5-13(2)10-3-4-14-7-10/h9-12H,3-8H2,1-2H3. The molecule has 2 aliphatic heterocycles. The van der Waals surface area contributed by atoms with Gasteiger partial charge in [-0.3, -0.25) is 0 Å². The van der Waals surface area contributed by atoms with E-state index in [1.54, 1.807) is 0 Å². The Morgan fingerprint density at radius 1 is 1.27 bits per heavy atom. The summed E-state index contributed by atoms with van der Waals surface area (Å²) < 4.78 is 10.9. The van der Waals surface area contributed by atoms with Crippen LogP contribution in [0, 0.1) is 5.92 Å². The van der Waals surface area contributed by atoms with Crippen LogP contribution < -0.4 is 5.32 Å². The van der Waals surface area contributed by atoms with Gasteiger partial charge in [-0.15, -0.1) is 0 Å². The second-order valence-corrected chi connectivity index (χ2v) is 4.65. The fourth-order valence-corrected chi connectivity index (χ4v) is 2.49. The number of rotatable bonds is 4. The van der Waals surface area contributed by atoms with E-state index in [0.717, 1.165) is 33.0 Å². The molecule has 4 heteroatoms. The smallest absolute Gasteiger partial charge is 0.0623 e. The molecule has 2 aliphatic rings. The monoisotopic (exact) mass is 214 g/mol. The van der Waals surface area contributed by atoms with E-state index in [4.69, 9.17) is 9.47 Å². The predicted molar refractivity (Wildman–Crippen MR) is 59.0 cm³/mol. The van der Waals surface area contributed by atoms with Gasteiger partial charge in [-0.25, -0.2) is 0 Å². The van der Waals surface area contributed by atoms with Crippen molar-refractivity contribution in [3.63, 3.8) is 0 Å². The van der Waals surface area contributed by atoms with Crippen LogP contribution in [0.3, 0.4) is 0 Å². The number of ether oxygens (including phenoxy) is 2. The molecule has 15 heavy (non-hydrogen) atoms. The van der Waals surface area contributed by atoms with E-state index < -0.39 is 0 Å². The van der Waals surface area contributed by atoms with E-state index in [0.29, 0.717) is 18.0 Å². The van der Waals surface area contributed by atoms with Crippen LogP contribution in [0.4, 0.5) is 0 Å². The highest BCUT2D eigenvalue weighted by Gasteiger charge is 2.30. The lowest BCUT2D eigenvalue weighted by Crippen LogP contribution is -2.42. The Labute approximate surface area is 91.9 Å². The summed E-state index contributed by atoms with van der Waals surface area (Å²) in [7, 11) is 4.22. The second-order valence-electron chi connectivity index (χ2n) is 4.65. The molecule has 0 aromatic carbocycles. The zero-order valence-electron chi connectivity index (χ0n) is 9.74. The van der Waals surface area contributed by atoms with Crippen molar-refractivity contribution in [3.8, 4) is 0 Å². The van der Waals surface area contributed by atoms with Crippen molar-refractivity contribution in [3.05, 3.63) is 0 Å². The van der Waals surface area contributed by atoms with E-state index >= 15 is 0 Å². The lowest BCUT2D eigenvalue weighted by atomic mass is 10.0. The van der Waals surface area contributed by atoms with Gasteiger partial charge >= 0.3 is 0 Å². The Morgan fingerprint density at radius 2 is 2.13 bits per heavy atom. The SMILES string of the molecule is CNC1COCC1CN(C)C1CCOC1. The fraction of sp³-hybridized carbons (Fsp3) is 1.00. The van der Waals surface area contributed by atoms with Crippen LogP contribution in [-0.4, -0.2) is 64.1 Å². The molecule has 4 nitrogen and oxygen atoms in total. The highest BCUT2D eigenvalue weighted by molar-refractivity contribution is 4.84. The molecule has 2 heterocycles. The zero-order valence-corrected chi connectivity index (χ0v) is 9.74. The maximum Gasteiger partial charge on any atom is 0.0623 e. The van der Waals surface area contributed by atoms with Crippen LogP contribution in [0.25, 0.3) is 0 Å². The first kappa shape index (κ1) is 11.3. The van der Waals surface area contributed by atoms with Crippen LogP contribution in [-0.2, 0) is 9.47 Å². The van der Waals surface area contributed by atoms with Crippen molar-refractivity contribution < 1.29 is 9.47 Å². The molecule has 3 unspecified atom stereocenters. The maximum atomic E-state index is 5.50. The molecule has 2 saturated heterocycles. The first-order valence-electron chi connectivity index (χ1n) is 5.84. The summed E-state index contributed by atoms with van der Waals surface area (Å²) in [6, 6.07) is 1.14. The molecule has 0 aliphatic carbocycles. The maximum absolute atomic E-state index is 5.50. The van der Waals surface area contributed by atoms with Crippen LogP contribution in [0.15, 0.2) is 0 Å². The molecule has 2 rings (SSSR count). The van der Waals surface area contributed by atoms with E-state index in [1.165, 1.54) is 6.42 Å². The Balaban J connectivity index is 1.79. The Bertz CT molecular complexity index is 195. The van der Waals surface area contributed by atoms with Gasteiger partial charge in [0.1, 0.15) is 0 Å². The van der Waals surface area contributed by atoms with Gasteiger partial charge in [0.2, 0.25) is 0 Å². The molecule has 3 atom stereocenters. The molecule has 0 amide bonds. The van der Waals surface area contributed by atoms with Gasteiger partial charge in [0.25, 0.3) is 0 Å². The molecule has 0 aromatic heterocycles. The summed E-state index contributed by atoms with van der Waals surface area (Å²) in [5.41, 5.74) is 0. The Kier molecular flexibility index (Phi) is 3.97. The van der Waals surface area contributed by atoms with Crippen LogP contribution in [0.1, 0.15) is 6.42 Å². The van der Waals surface area contributed by atoms with Gasteiger partial charge < -0.3 is 19.7 Å². The molecule has 0 spiro atoms. The lowest BCUT2D eigenvalue weighted by molar-refractivity contribution is 0.138. The Hall–Kier alpha value is -0.160. The van der Waals surface area contributed by atoms with Crippen molar-refractivity contribution in [2.24, 2.45) is 5.92 Å². The molecule has 0 bridgehead atoms. The molecule has 2 fully saturated rings. The van der Waals surface area contributed by atoms with Gasteiger partial charge in [0, 0.05) is 31.2 Å². The molecular weight excluding hydrogens is 192 g/mol. The number of hydrogen-bond acceptors (Lipinski definition) is 4. The summed E-state index contributed by atoms with van der Waals surface area (Å²) in [5, 5.41) is 3.33. The molecule has 0 saturated carbocycles. The molecule has 1 N–H and O–H groups in total. The summed E-state index contributed by atoms with van der Waals surface area (Å²) in [6.07, 6.45) is 1.17. The highest BCUT2D eigenvalue weighted by atomic mass is 16.5. The molecular formula is C11H22N2O2.